The van der Waals surface area contributed by atoms with Crippen LogP contribution < -0.4 is 0 Å². The van der Waals surface area contributed by atoms with Gasteiger partial charge < -0.3 is 10.2 Å². The van der Waals surface area contributed by atoms with Gasteiger partial charge in [-0.2, -0.15) is 0 Å². The van der Waals surface area contributed by atoms with E-state index in [9.17, 15) is 0 Å². The molecule has 0 aliphatic heterocycles. The summed E-state index contributed by atoms with van der Waals surface area (Å²) in [6.07, 6.45) is 3.12. The number of hydrogen-bond acceptors (Lipinski definition) is 2. The molecule has 0 amide bonds. The molecule has 0 aromatic heterocycles. The van der Waals surface area contributed by atoms with Gasteiger partial charge in [-0.1, -0.05) is 13.3 Å². The van der Waals surface area contributed by atoms with Crippen molar-refractivity contribution in [2.24, 2.45) is 0 Å². The third-order valence-electron chi connectivity index (χ3n) is 1.78. The molecular formula is C10H14O2. The monoisotopic (exact) mass is 166 g/mol. The molecule has 0 bridgehead atoms. The molecule has 0 saturated heterocycles. The molecule has 0 spiro atoms. The Kier molecular flexibility index (Phi) is 2.97. The summed E-state index contributed by atoms with van der Waals surface area (Å²) in [5.41, 5.74) is 0.995. The van der Waals surface area contributed by atoms with Gasteiger partial charge in [0.2, 0.25) is 0 Å². The fourth-order valence-corrected chi connectivity index (χ4v) is 1.18. The largest absolute Gasteiger partial charge is 0.508 e. The average Bonchev–Trinajstić information content (AvgIpc) is 1.99. The maximum absolute atomic E-state index is 9.13. The molecule has 2 nitrogen and oxygen atoms in total. The highest BCUT2D eigenvalue weighted by Crippen LogP contribution is 2.21. The lowest BCUT2D eigenvalue weighted by molar-refractivity contribution is 0.449. The van der Waals surface area contributed by atoms with Crippen LogP contribution in [0.2, 0.25) is 0 Å². The first-order chi connectivity index (χ1) is 5.72. The van der Waals surface area contributed by atoms with Gasteiger partial charge in [-0.25, -0.2) is 0 Å². The Morgan fingerprint density at radius 1 is 1.08 bits per heavy atom. The van der Waals surface area contributed by atoms with Gasteiger partial charge in [-0.15, -0.1) is 0 Å². The molecule has 0 heterocycles. The first-order valence-electron chi connectivity index (χ1n) is 4.24. The van der Waals surface area contributed by atoms with Crippen LogP contribution in [-0.4, -0.2) is 10.2 Å². The lowest BCUT2D eigenvalue weighted by Gasteiger charge is -2.01. The van der Waals surface area contributed by atoms with Crippen LogP contribution in [0.3, 0.4) is 0 Å². The molecule has 0 atom stereocenters. The molecular weight excluding hydrogens is 152 g/mol. The third kappa shape index (κ3) is 2.46. The van der Waals surface area contributed by atoms with Crippen LogP contribution in [0.4, 0.5) is 0 Å². The number of phenols is 2. The highest BCUT2D eigenvalue weighted by atomic mass is 16.3. The Labute approximate surface area is 72.5 Å². The summed E-state index contributed by atoms with van der Waals surface area (Å²) in [6, 6.07) is 4.72. The van der Waals surface area contributed by atoms with Gasteiger partial charge in [0.15, 0.2) is 0 Å². The van der Waals surface area contributed by atoms with Crippen LogP contribution in [-0.2, 0) is 6.42 Å². The Bertz CT molecular complexity index is 236. The summed E-state index contributed by atoms with van der Waals surface area (Å²) >= 11 is 0. The van der Waals surface area contributed by atoms with Crippen molar-refractivity contribution >= 4 is 0 Å². The van der Waals surface area contributed by atoms with Crippen molar-refractivity contribution < 1.29 is 10.2 Å². The van der Waals surface area contributed by atoms with E-state index in [4.69, 9.17) is 10.2 Å². The topological polar surface area (TPSA) is 40.5 Å². The summed E-state index contributed by atoms with van der Waals surface area (Å²) in [6.45, 7) is 2.11. The summed E-state index contributed by atoms with van der Waals surface area (Å²) in [4.78, 5) is 0. The molecule has 2 heteroatoms. The molecule has 1 aromatic carbocycles. The lowest BCUT2D eigenvalue weighted by Crippen LogP contribution is -1.83. The van der Waals surface area contributed by atoms with E-state index in [1.165, 1.54) is 6.07 Å². The number of aromatic hydroxyl groups is 2. The highest BCUT2D eigenvalue weighted by Gasteiger charge is 1.97. The van der Waals surface area contributed by atoms with Gasteiger partial charge in [-0.3, -0.25) is 0 Å². The first kappa shape index (κ1) is 8.91. The fraction of sp³-hybridized carbons (Fsp3) is 0.400. The predicted molar refractivity (Wildman–Crippen MR) is 48.4 cm³/mol. The molecule has 0 aliphatic carbocycles. The number of hydrogen-bond donors (Lipinski definition) is 2. The first-order valence-corrected chi connectivity index (χ1v) is 4.24. The Morgan fingerprint density at radius 3 is 2.17 bits per heavy atom. The lowest BCUT2D eigenvalue weighted by atomic mass is 10.1. The molecule has 1 rings (SSSR count). The number of aryl methyl sites for hydroxylation is 1. The van der Waals surface area contributed by atoms with Gasteiger partial charge in [-0.05, 0) is 30.5 Å². The second-order valence-electron chi connectivity index (χ2n) is 2.96. The van der Waals surface area contributed by atoms with Crippen molar-refractivity contribution in [2.45, 2.75) is 26.2 Å². The third-order valence-corrected chi connectivity index (χ3v) is 1.78. The molecule has 1 aromatic rings. The van der Waals surface area contributed by atoms with E-state index in [1.807, 2.05) is 0 Å². The van der Waals surface area contributed by atoms with Gasteiger partial charge in [0.1, 0.15) is 11.5 Å². The average molecular weight is 166 g/mol. The number of phenolic OH excluding ortho intramolecular Hbond substituents is 2. The van der Waals surface area contributed by atoms with Crippen molar-refractivity contribution in [1.29, 1.82) is 0 Å². The number of unbranched alkanes of at least 4 members (excludes halogenated alkanes) is 1. The zero-order valence-electron chi connectivity index (χ0n) is 7.25. The van der Waals surface area contributed by atoms with Gasteiger partial charge >= 0.3 is 0 Å². The van der Waals surface area contributed by atoms with Gasteiger partial charge in [0, 0.05) is 6.07 Å². The van der Waals surface area contributed by atoms with E-state index in [0.717, 1.165) is 24.8 Å². The molecule has 0 unspecified atom stereocenters. The zero-order valence-corrected chi connectivity index (χ0v) is 7.25. The van der Waals surface area contributed by atoms with E-state index in [2.05, 4.69) is 6.92 Å². The van der Waals surface area contributed by atoms with Gasteiger partial charge in [0.05, 0.1) is 0 Å². The van der Waals surface area contributed by atoms with Crippen molar-refractivity contribution in [3.8, 4) is 11.5 Å². The van der Waals surface area contributed by atoms with E-state index in [0.29, 0.717) is 0 Å². The molecule has 0 saturated carbocycles. The van der Waals surface area contributed by atoms with Crippen LogP contribution in [0.1, 0.15) is 25.3 Å². The molecule has 12 heavy (non-hydrogen) atoms. The minimum atomic E-state index is 0.140. The van der Waals surface area contributed by atoms with Crippen LogP contribution in [0.25, 0.3) is 0 Å². The number of rotatable bonds is 3. The number of benzene rings is 1. The highest BCUT2D eigenvalue weighted by molar-refractivity contribution is 5.36. The molecule has 0 radical (unpaired) electrons. The maximum Gasteiger partial charge on any atom is 0.119 e. The SMILES string of the molecule is CCCCc1cc(O)cc(O)c1. The normalized spacial score (nSPS) is 10.1. The second kappa shape index (κ2) is 4.00. The Morgan fingerprint density at radius 2 is 1.67 bits per heavy atom. The van der Waals surface area contributed by atoms with Crippen LogP contribution in [0.5, 0.6) is 11.5 Å². The van der Waals surface area contributed by atoms with E-state index in [1.54, 1.807) is 12.1 Å². The molecule has 0 fully saturated rings. The van der Waals surface area contributed by atoms with Crippen LogP contribution in [0, 0.1) is 0 Å². The van der Waals surface area contributed by atoms with E-state index < -0.39 is 0 Å². The summed E-state index contributed by atoms with van der Waals surface area (Å²) in [5.74, 6) is 0.280. The maximum atomic E-state index is 9.13. The fourth-order valence-electron chi connectivity index (χ4n) is 1.18. The Balaban J connectivity index is 2.72. The van der Waals surface area contributed by atoms with Crippen molar-refractivity contribution in [2.75, 3.05) is 0 Å². The van der Waals surface area contributed by atoms with E-state index >= 15 is 0 Å². The molecule has 0 aliphatic rings. The second-order valence-corrected chi connectivity index (χ2v) is 2.96. The van der Waals surface area contributed by atoms with Crippen LogP contribution >= 0.6 is 0 Å². The standard InChI is InChI=1S/C10H14O2/c1-2-3-4-8-5-9(11)7-10(12)6-8/h5-7,11-12H,2-4H2,1H3. The smallest absolute Gasteiger partial charge is 0.119 e. The zero-order chi connectivity index (χ0) is 8.97. The van der Waals surface area contributed by atoms with E-state index in [-0.39, 0.29) is 11.5 Å². The summed E-state index contributed by atoms with van der Waals surface area (Å²) < 4.78 is 0. The van der Waals surface area contributed by atoms with Gasteiger partial charge in [0.25, 0.3) is 0 Å². The minimum absolute atomic E-state index is 0.140. The molecule has 2 N–H and O–H groups in total. The van der Waals surface area contributed by atoms with Crippen molar-refractivity contribution in [3.63, 3.8) is 0 Å². The van der Waals surface area contributed by atoms with Crippen molar-refractivity contribution in [3.05, 3.63) is 23.8 Å². The molecule has 66 valence electrons. The van der Waals surface area contributed by atoms with Crippen LogP contribution in [0.15, 0.2) is 18.2 Å². The Hall–Kier alpha value is -1.18. The van der Waals surface area contributed by atoms with Crippen molar-refractivity contribution in [1.82, 2.24) is 0 Å². The minimum Gasteiger partial charge on any atom is -0.508 e. The summed E-state index contributed by atoms with van der Waals surface area (Å²) in [5, 5.41) is 18.3. The predicted octanol–water partition coefficient (Wildman–Crippen LogP) is 2.44. The summed E-state index contributed by atoms with van der Waals surface area (Å²) in [7, 11) is 0. The quantitative estimate of drug-likeness (QED) is 0.724.